The van der Waals surface area contributed by atoms with Crippen LogP contribution in [0.2, 0.25) is 10.0 Å². The van der Waals surface area contributed by atoms with E-state index < -0.39 is 23.6 Å². The molecule has 0 bridgehead atoms. The van der Waals surface area contributed by atoms with E-state index >= 15 is 0 Å². The number of carbonyl (C=O) groups is 3. The molecule has 2 amide bonds. The topological polar surface area (TPSA) is 63.7 Å². The van der Waals surface area contributed by atoms with Crippen LogP contribution in [0.4, 0.5) is 10.1 Å². The van der Waals surface area contributed by atoms with Crippen molar-refractivity contribution in [2.24, 2.45) is 0 Å². The first-order valence-corrected chi connectivity index (χ1v) is 9.51. The number of esters is 1. The van der Waals surface area contributed by atoms with Crippen molar-refractivity contribution >= 4 is 46.7 Å². The summed E-state index contributed by atoms with van der Waals surface area (Å²) < 4.78 is 18.8. The van der Waals surface area contributed by atoms with Gasteiger partial charge in [0, 0.05) is 5.56 Å². The van der Waals surface area contributed by atoms with Crippen molar-refractivity contribution in [3.8, 4) is 0 Å². The molecule has 0 N–H and O–H groups in total. The Morgan fingerprint density at radius 1 is 0.900 bits per heavy atom. The second-order valence-corrected chi connectivity index (χ2v) is 7.29. The van der Waals surface area contributed by atoms with Gasteiger partial charge in [-0.15, -0.1) is 0 Å². The molecule has 0 saturated heterocycles. The summed E-state index contributed by atoms with van der Waals surface area (Å²) in [7, 11) is 0. The van der Waals surface area contributed by atoms with Gasteiger partial charge in [-0.2, -0.15) is 0 Å². The Morgan fingerprint density at radius 3 is 2.37 bits per heavy atom. The molecule has 150 valence electrons. The molecular weight excluding hydrogens is 432 g/mol. The van der Waals surface area contributed by atoms with Crippen molar-refractivity contribution in [3.05, 3.63) is 98.8 Å². The van der Waals surface area contributed by atoms with Gasteiger partial charge in [0.05, 0.1) is 32.4 Å². The van der Waals surface area contributed by atoms with Crippen molar-refractivity contribution in [2.45, 2.75) is 6.61 Å². The number of hydrogen-bond donors (Lipinski definition) is 0. The van der Waals surface area contributed by atoms with Gasteiger partial charge < -0.3 is 4.74 Å². The molecule has 1 aliphatic rings. The van der Waals surface area contributed by atoms with E-state index in [-0.39, 0.29) is 44.6 Å². The van der Waals surface area contributed by atoms with Crippen LogP contribution in [0.3, 0.4) is 0 Å². The normalized spacial score (nSPS) is 12.8. The third kappa shape index (κ3) is 3.56. The van der Waals surface area contributed by atoms with E-state index in [1.807, 2.05) is 0 Å². The number of fused-ring (bicyclic) bond motifs is 1. The van der Waals surface area contributed by atoms with Gasteiger partial charge in [0.25, 0.3) is 11.8 Å². The molecule has 30 heavy (non-hydrogen) atoms. The summed E-state index contributed by atoms with van der Waals surface area (Å²) in [5.74, 6) is -2.37. The maximum Gasteiger partial charge on any atom is 0.338 e. The third-order valence-electron chi connectivity index (χ3n) is 4.60. The third-order valence-corrected chi connectivity index (χ3v) is 5.34. The SMILES string of the molecule is O=C(OCc1ccccc1F)c1ccc2c(c1)C(=O)N(c1ccc(Cl)c(Cl)c1)C2=O. The zero-order valence-electron chi connectivity index (χ0n) is 15.2. The molecule has 8 heteroatoms. The van der Waals surface area contributed by atoms with Crippen molar-refractivity contribution in [1.82, 2.24) is 0 Å². The predicted molar refractivity (Wildman–Crippen MR) is 110 cm³/mol. The molecule has 5 nitrogen and oxygen atoms in total. The summed E-state index contributed by atoms with van der Waals surface area (Å²) in [4.78, 5) is 38.9. The average Bonchev–Trinajstić information content (AvgIpc) is 2.99. The van der Waals surface area contributed by atoms with Crippen molar-refractivity contribution in [3.63, 3.8) is 0 Å². The van der Waals surface area contributed by atoms with Crippen LogP contribution >= 0.6 is 23.2 Å². The lowest BCUT2D eigenvalue weighted by Gasteiger charge is -2.14. The second-order valence-electron chi connectivity index (χ2n) is 6.47. The van der Waals surface area contributed by atoms with Crippen molar-refractivity contribution < 1.29 is 23.5 Å². The molecule has 0 unspecified atom stereocenters. The monoisotopic (exact) mass is 443 g/mol. The fourth-order valence-electron chi connectivity index (χ4n) is 3.07. The lowest BCUT2D eigenvalue weighted by atomic mass is 10.1. The van der Waals surface area contributed by atoms with E-state index in [9.17, 15) is 18.8 Å². The van der Waals surface area contributed by atoms with Crippen LogP contribution < -0.4 is 4.90 Å². The molecule has 4 rings (SSSR count). The van der Waals surface area contributed by atoms with Gasteiger partial charge in [-0.3, -0.25) is 9.59 Å². The fraction of sp³-hybridized carbons (Fsp3) is 0.0455. The Bertz CT molecular complexity index is 1210. The van der Waals surface area contributed by atoms with Gasteiger partial charge in [-0.1, -0.05) is 41.4 Å². The Morgan fingerprint density at radius 2 is 1.63 bits per heavy atom. The number of nitrogens with zero attached hydrogens (tertiary/aromatic N) is 1. The lowest BCUT2D eigenvalue weighted by Crippen LogP contribution is -2.29. The van der Waals surface area contributed by atoms with Gasteiger partial charge in [-0.25, -0.2) is 14.1 Å². The first kappa shape index (κ1) is 20.1. The maximum atomic E-state index is 13.7. The largest absolute Gasteiger partial charge is 0.457 e. The summed E-state index contributed by atoms with van der Waals surface area (Å²) in [6.45, 7) is -0.259. The molecule has 3 aromatic rings. The number of carbonyl (C=O) groups excluding carboxylic acids is 3. The highest BCUT2D eigenvalue weighted by atomic mass is 35.5. The van der Waals surface area contributed by atoms with E-state index in [0.717, 1.165) is 4.90 Å². The van der Waals surface area contributed by atoms with Crippen molar-refractivity contribution in [2.75, 3.05) is 4.90 Å². The van der Waals surface area contributed by atoms with Crippen LogP contribution in [0.25, 0.3) is 0 Å². The first-order valence-electron chi connectivity index (χ1n) is 8.75. The predicted octanol–water partition coefficient (Wildman–Crippen LogP) is 5.29. The van der Waals surface area contributed by atoms with Crippen molar-refractivity contribution in [1.29, 1.82) is 0 Å². The van der Waals surface area contributed by atoms with E-state index in [4.69, 9.17) is 27.9 Å². The molecule has 0 aliphatic carbocycles. The minimum Gasteiger partial charge on any atom is -0.457 e. The Balaban J connectivity index is 1.57. The van der Waals surface area contributed by atoms with Crippen LogP contribution in [0, 0.1) is 5.82 Å². The smallest absolute Gasteiger partial charge is 0.338 e. The Kier molecular flexibility index (Phi) is 5.28. The number of imide groups is 1. The Hall–Kier alpha value is -3.22. The molecule has 0 atom stereocenters. The van der Waals surface area contributed by atoms with E-state index in [2.05, 4.69) is 0 Å². The van der Waals surface area contributed by atoms with E-state index in [1.165, 1.54) is 54.6 Å². The highest BCUT2D eigenvalue weighted by Gasteiger charge is 2.37. The van der Waals surface area contributed by atoms with Crippen LogP contribution in [-0.2, 0) is 11.3 Å². The average molecular weight is 444 g/mol. The minimum absolute atomic E-state index is 0.0615. The summed E-state index contributed by atoms with van der Waals surface area (Å²) in [5, 5.41) is 0.486. The van der Waals surface area contributed by atoms with Gasteiger partial charge in [0.2, 0.25) is 0 Å². The van der Waals surface area contributed by atoms with E-state index in [1.54, 1.807) is 6.07 Å². The van der Waals surface area contributed by atoms with Gasteiger partial charge in [0.15, 0.2) is 0 Å². The number of ether oxygens (including phenoxy) is 1. The quantitative estimate of drug-likeness (QED) is 0.405. The van der Waals surface area contributed by atoms with Crippen LogP contribution in [0.5, 0.6) is 0 Å². The summed E-state index contributed by atoms with van der Waals surface area (Å²) in [6, 6.07) is 14.4. The number of hydrogen-bond acceptors (Lipinski definition) is 4. The minimum atomic E-state index is -0.741. The lowest BCUT2D eigenvalue weighted by molar-refractivity contribution is 0.0468. The van der Waals surface area contributed by atoms with Gasteiger partial charge in [0.1, 0.15) is 12.4 Å². The number of benzene rings is 3. The summed E-state index contributed by atoms with van der Waals surface area (Å²) in [6.07, 6.45) is 0. The maximum absolute atomic E-state index is 13.7. The van der Waals surface area contributed by atoms with Crippen LogP contribution in [0.15, 0.2) is 60.7 Å². The molecule has 0 radical (unpaired) electrons. The molecule has 0 fully saturated rings. The summed E-state index contributed by atoms with van der Waals surface area (Å²) >= 11 is 11.9. The number of rotatable bonds is 4. The zero-order valence-corrected chi connectivity index (χ0v) is 16.7. The molecule has 3 aromatic carbocycles. The molecule has 1 aliphatic heterocycles. The van der Waals surface area contributed by atoms with Gasteiger partial charge >= 0.3 is 5.97 Å². The molecule has 0 spiro atoms. The molecular formula is C22H12Cl2FNO4. The fourth-order valence-corrected chi connectivity index (χ4v) is 3.36. The Labute approximate surface area is 180 Å². The number of halogens is 3. The second kappa shape index (κ2) is 7.89. The molecule has 0 aromatic heterocycles. The standard InChI is InChI=1S/C22H12Cl2FNO4/c23-17-8-6-14(10-18(17)24)26-20(27)15-7-5-12(9-16(15)21(26)28)22(29)30-11-13-3-1-2-4-19(13)25/h1-10H,11H2. The van der Waals surface area contributed by atoms with Crippen LogP contribution in [0.1, 0.15) is 36.6 Å². The summed E-state index contributed by atoms with van der Waals surface area (Å²) in [5.41, 5.74) is 0.772. The first-order chi connectivity index (χ1) is 14.4. The zero-order chi connectivity index (χ0) is 21.4. The van der Waals surface area contributed by atoms with Gasteiger partial charge in [-0.05, 0) is 42.5 Å². The van der Waals surface area contributed by atoms with Crippen LogP contribution in [-0.4, -0.2) is 17.8 Å². The highest BCUT2D eigenvalue weighted by molar-refractivity contribution is 6.42. The number of anilines is 1. The highest BCUT2D eigenvalue weighted by Crippen LogP contribution is 2.33. The number of amides is 2. The molecule has 0 saturated carbocycles. The molecule has 1 heterocycles. The van der Waals surface area contributed by atoms with E-state index in [0.29, 0.717) is 0 Å².